The predicted octanol–water partition coefficient (Wildman–Crippen LogP) is 23.5. The van der Waals surface area contributed by atoms with Gasteiger partial charge in [0.25, 0.3) is 0 Å². The molecule has 0 aliphatic rings. The summed E-state index contributed by atoms with van der Waals surface area (Å²) >= 11 is 12.0. The summed E-state index contributed by atoms with van der Waals surface area (Å²) in [6.07, 6.45) is 2.68. The van der Waals surface area contributed by atoms with E-state index in [0.29, 0.717) is 85.6 Å². The largest absolute Gasteiger partial charge is 0.444 e. The van der Waals surface area contributed by atoms with Crippen LogP contribution < -0.4 is 30.7 Å². The van der Waals surface area contributed by atoms with E-state index in [1.807, 2.05) is 0 Å². The number of aromatic nitrogens is 9. The number of rotatable bonds is 19. The molecular formula is C99H123Br2ClF3N17O21. The number of carbonyl (C=O) groups excluding carboxylic acids is 9. The highest BCUT2D eigenvalue weighted by molar-refractivity contribution is 9.10. The molecular weight excluding hydrogens is 2020 g/mol. The zero-order chi connectivity index (χ0) is 107. The minimum atomic E-state index is -1.07. The van der Waals surface area contributed by atoms with E-state index < -0.39 is 149 Å². The van der Waals surface area contributed by atoms with Gasteiger partial charge in [-0.2, -0.15) is 20.0 Å². The fraction of sp³-hybridized carbons (Fsp3) is 0.455. The number of carbonyl (C=O) groups is 9. The molecule has 143 heavy (non-hydrogen) atoms. The third-order valence-electron chi connectivity index (χ3n) is 17.2. The lowest BCUT2D eigenvalue weighted by Gasteiger charge is -2.28. The molecule has 9 rings (SSSR count). The molecule has 0 spiro atoms. The standard InChI is InChI=1S/C39H46FN7O7.C30H37BrFN5O7.C16H20BrN3O4.C14H18ClFN2O2.H2O/c1-36(2,3)51-33(48)45-27(20-40)24-14-12-23(13-15-24)26-19-29(54-46-26)31-32(47(34(49)52-37(4,5)6)35(50)53-38(7,8)9)43-21-28(44-31)25-16-17-42-30(18-25)39(10,11)22-41;1-28(2,3)41-25(38)34-20(15-32)18-12-10-17(11-13-18)19-14-21(44-36-19)23-24(33-16-22(31)35-23)37(26(39)42-29(4,5)6)27(40)43-30(7,8)9;1-8-10-12(18-9-11(17)19-10)20(13(21)23-15(2,3)4)14(22)24-16(5,6)7;1-14(2,3)20-13(19)18-11(8-16)9-4-6-10(7-5-9)12(15)17;/h12-19,21,27H,20H2,1-11H3,(H,45,48);10-14,16,20H,15H2,1-9H3,(H,34,38);1,9H,2-7H3;4-7,11,17H,8H2,1-3H3,(H,18,19);1H2. The highest BCUT2D eigenvalue weighted by atomic mass is 79.9. The molecule has 9 aromatic rings. The normalized spacial score (nSPS) is 12.4. The minimum absolute atomic E-state index is 0. The summed E-state index contributed by atoms with van der Waals surface area (Å²) in [5.74, 6) is 1.80. The van der Waals surface area contributed by atoms with Crippen LogP contribution in [0.1, 0.15) is 253 Å². The van der Waals surface area contributed by atoms with Gasteiger partial charge in [-0.25, -0.2) is 86.2 Å². The molecule has 0 fully saturated rings. The van der Waals surface area contributed by atoms with Gasteiger partial charge in [0.2, 0.25) is 0 Å². The lowest BCUT2D eigenvalue weighted by atomic mass is 9.90. The molecule has 6 aromatic heterocycles. The topological polar surface area (TPSA) is 504 Å². The molecule has 0 radical (unpaired) electrons. The number of ether oxygens (including phenoxy) is 9. The summed E-state index contributed by atoms with van der Waals surface area (Å²) in [6.45, 7) is 46.3. The molecule has 772 valence electrons. The highest BCUT2D eigenvalue weighted by Gasteiger charge is 2.42. The SMILES string of the molecule is C#Cc1nc(Br)cnc1N(C(=O)OC(C)(C)C)C(=O)OC(C)(C)C.CC(C)(C)OC(=O)NC(CF)c1ccc(-c2cc(-c3nc(-c4ccnc(C(C)(C)C#N)c4)cnc3N(C(=O)OC(C)(C)C)C(=O)OC(C)(C)C)on2)cc1.CC(C)(C)OC(=O)NC(CF)c1ccc(-c2cc(-c3nc(Br)cnc3N(C(=O)OC(C)(C)C)C(=O)OC(C)(C)C)on2)cc1.CC(C)(C)OC(=O)NC(CF)c1ccc(C(=N)Cl)cc1.O. The smallest absolute Gasteiger partial charge is 0.425 e. The average molecular weight is 2140 g/mol. The van der Waals surface area contributed by atoms with Crippen LogP contribution in [0.4, 0.5) is 73.8 Å². The van der Waals surface area contributed by atoms with Crippen molar-refractivity contribution in [3.63, 3.8) is 0 Å². The van der Waals surface area contributed by atoms with Gasteiger partial charge in [-0.1, -0.05) is 94.7 Å². The average Bonchev–Trinajstić information content (AvgIpc) is 1.75. The van der Waals surface area contributed by atoms with Gasteiger partial charge >= 0.3 is 54.8 Å². The maximum atomic E-state index is 14.0. The summed E-state index contributed by atoms with van der Waals surface area (Å²) < 4.78 is 101. The number of alkyl halides is 3. The molecule has 44 heteroatoms. The van der Waals surface area contributed by atoms with Crippen LogP contribution in [0.5, 0.6) is 0 Å². The molecule has 0 aliphatic heterocycles. The first-order valence-electron chi connectivity index (χ1n) is 44.0. The summed E-state index contributed by atoms with van der Waals surface area (Å²) in [7, 11) is 0. The van der Waals surface area contributed by atoms with Crippen molar-refractivity contribution in [1.82, 2.24) is 61.2 Å². The second-order valence-electron chi connectivity index (χ2n) is 40.7. The molecule has 6 heterocycles. The molecule has 3 aromatic carbocycles. The number of nitrogens with one attached hydrogen (secondary N) is 4. The summed E-state index contributed by atoms with van der Waals surface area (Å²) in [5.41, 5.74) is -3.30. The maximum absolute atomic E-state index is 14.0. The van der Waals surface area contributed by atoms with Crippen molar-refractivity contribution in [2.24, 2.45) is 0 Å². The van der Waals surface area contributed by atoms with E-state index in [-0.39, 0.29) is 56.7 Å². The molecule has 6 N–H and O–H groups in total. The van der Waals surface area contributed by atoms with E-state index in [4.69, 9.17) is 80.1 Å². The van der Waals surface area contributed by atoms with E-state index in [1.54, 1.807) is 298 Å². The van der Waals surface area contributed by atoms with Gasteiger partial charge in [-0.3, -0.25) is 10.4 Å². The van der Waals surface area contributed by atoms with Gasteiger partial charge in [0.1, 0.15) is 96.2 Å². The molecule has 0 aliphatic carbocycles. The lowest BCUT2D eigenvalue weighted by molar-refractivity contribution is 0.0406. The zero-order valence-electron chi connectivity index (χ0n) is 85.2. The van der Waals surface area contributed by atoms with Gasteiger partial charge in [-0.15, -0.1) is 6.42 Å². The Morgan fingerprint density at radius 3 is 1.01 bits per heavy atom. The third kappa shape index (κ3) is 38.9. The number of hydrogen-bond acceptors (Lipinski definition) is 31. The van der Waals surface area contributed by atoms with Crippen LogP contribution in [-0.2, 0) is 48.0 Å². The molecule has 3 unspecified atom stereocenters. The number of halogens is 6. The Labute approximate surface area is 850 Å². The van der Waals surface area contributed by atoms with Crippen molar-refractivity contribution in [3.05, 3.63) is 165 Å². The van der Waals surface area contributed by atoms with Crippen molar-refractivity contribution in [2.45, 2.75) is 275 Å². The second kappa shape index (κ2) is 49.3. The van der Waals surface area contributed by atoms with Crippen LogP contribution >= 0.6 is 43.5 Å². The lowest BCUT2D eigenvalue weighted by Crippen LogP contribution is -2.44. The number of alkyl carbamates (subject to hydrolysis) is 3. The van der Waals surface area contributed by atoms with Gasteiger partial charge in [0, 0.05) is 40.6 Å². The number of anilines is 3. The number of nitrogens with zero attached hydrogens (tertiary/aromatic N) is 13. The first-order valence-corrected chi connectivity index (χ1v) is 46.0. The monoisotopic (exact) mass is 2140 g/mol. The van der Waals surface area contributed by atoms with E-state index in [1.165, 1.54) is 24.7 Å². The first-order chi connectivity index (χ1) is 65.3. The fourth-order valence-corrected chi connectivity index (χ4v) is 12.1. The Kier molecular flexibility index (Phi) is 41.2. The summed E-state index contributed by atoms with van der Waals surface area (Å²) in [6, 6.07) is 25.7. The number of pyridine rings is 1. The predicted molar refractivity (Wildman–Crippen MR) is 535 cm³/mol. The molecule has 9 amide bonds. The van der Waals surface area contributed by atoms with E-state index in [0.717, 1.165) is 0 Å². The third-order valence-corrected chi connectivity index (χ3v) is 18.2. The van der Waals surface area contributed by atoms with Crippen molar-refractivity contribution in [3.8, 4) is 75.1 Å². The van der Waals surface area contributed by atoms with E-state index >= 15 is 0 Å². The van der Waals surface area contributed by atoms with Crippen LogP contribution in [-0.4, -0.2) is 181 Å². The summed E-state index contributed by atoms with van der Waals surface area (Å²) in [4.78, 5) is 147. The number of benzene rings is 3. The molecule has 0 bridgehead atoms. The van der Waals surface area contributed by atoms with Crippen LogP contribution in [0.2, 0.25) is 0 Å². The van der Waals surface area contributed by atoms with Gasteiger partial charge < -0.3 is 73.1 Å². The van der Waals surface area contributed by atoms with Crippen molar-refractivity contribution in [2.75, 3.05) is 34.7 Å². The Bertz CT molecular complexity index is 5970. The Morgan fingerprint density at radius 2 is 0.706 bits per heavy atom. The highest BCUT2D eigenvalue weighted by Crippen LogP contribution is 2.39. The van der Waals surface area contributed by atoms with Gasteiger partial charge in [0.15, 0.2) is 46.1 Å². The van der Waals surface area contributed by atoms with Crippen molar-refractivity contribution in [1.29, 1.82) is 10.7 Å². The Morgan fingerprint density at radius 1 is 0.413 bits per heavy atom. The van der Waals surface area contributed by atoms with Crippen molar-refractivity contribution >= 4 is 121 Å². The zero-order valence-corrected chi connectivity index (χ0v) is 89.2. The number of amides is 9. The van der Waals surface area contributed by atoms with E-state index in [2.05, 4.69) is 100 Å². The second-order valence-corrected chi connectivity index (χ2v) is 42.8. The molecule has 38 nitrogen and oxygen atoms in total. The quantitative estimate of drug-likeness (QED) is 0.0332. The van der Waals surface area contributed by atoms with Gasteiger partial charge in [0.05, 0.1) is 59.6 Å². The number of imide groups is 3. The van der Waals surface area contributed by atoms with Crippen LogP contribution in [0.15, 0.2) is 140 Å². The number of nitriles is 1. The Hall–Kier alpha value is -13.8. The van der Waals surface area contributed by atoms with Crippen LogP contribution in [0.25, 0.3) is 56.7 Å². The molecule has 0 saturated heterocycles. The van der Waals surface area contributed by atoms with Crippen molar-refractivity contribution < 1.29 is 113 Å². The van der Waals surface area contributed by atoms with Gasteiger partial charge in [-0.05, 0) is 267 Å². The molecule has 0 saturated carbocycles. The van der Waals surface area contributed by atoms with E-state index in [9.17, 15) is 61.6 Å². The maximum Gasteiger partial charge on any atom is 0.425 e. The molecule has 3 atom stereocenters. The number of hydrogen-bond donors (Lipinski definition) is 4. The fourth-order valence-electron chi connectivity index (χ4n) is 11.4. The minimum Gasteiger partial charge on any atom is -0.444 e. The first kappa shape index (κ1) is 120. The van der Waals surface area contributed by atoms with Crippen LogP contribution in [0, 0.1) is 29.1 Å². The van der Waals surface area contributed by atoms with Crippen LogP contribution in [0.3, 0.4) is 0 Å². The number of terminal acetylenes is 1. The Balaban J connectivity index is 0.000000360. The summed E-state index contributed by atoms with van der Waals surface area (Å²) in [5, 5.41) is 32.7.